The van der Waals surface area contributed by atoms with E-state index in [0.717, 1.165) is 22.9 Å². The molecule has 1 aliphatic rings. The van der Waals surface area contributed by atoms with Crippen LogP contribution in [0.1, 0.15) is 25.3 Å². The zero-order valence-electron chi connectivity index (χ0n) is 9.17. The maximum absolute atomic E-state index is 13.0. The van der Waals surface area contributed by atoms with Crippen molar-refractivity contribution in [3.8, 4) is 0 Å². The van der Waals surface area contributed by atoms with E-state index in [1.54, 1.807) is 6.07 Å². The Kier molecular flexibility index (Phi) is 3.43. The number of Topliss-reactive ketones (excluding diaryl/α,β-unsaturated/α-hetero) is 1. The average Bonchev–Trinajstić information content (AvgIpc) is 3.06. The van der Waals surface area contributed by atoms with Gasteiger partial charge in [0.1, 0.15) is 11.6 Å². The number of carbonyl (C=O) groups excluding carboxylic acids is 1. The van der Waals surface area contributed by atoms with E-state index < -0.39 is 0 Å². The molecule has 1 aliphatic carbocycles. The number of hydrogen-bond acceptors (Lipinski definition) is 1. The molecule has 0 heterocycles. The lowest BCUT2D eigenvalue weighted by Crippen LogP contribution is -2.15. The van der Waals surface area contributed by atoms with Crippen molar-refractivity contribution in [1.82, 2.24) is 0 Å². The van der Waals surface area contributed by atoms with Crippen LogP contribution in [-0.2, 0) is 11.2 Å². The number of benzene rings is 1. The molecule has 1 atom stereocenters. The van der Waals surface area contributed by atoms with E-state index in [0.29, 0.717) is 12.3 Å². The largest absolute Gasteiger partial charge is 0.299 e. The average molecular weight is 285 g/mol. The summed E-state index contributed by atoms with van der Waals surface area (Å²) in [7, 11) is 0. The molecule has 1 aromatic rings. The van der Waals surface area contributed by atoms with Crippen LogP contribution in [0.3, 0.4) is 0 Å². The fourth-order valence-corrected chi connectivity index (χ4v) is 2.27. The molecule has 1 unspecified atom stereocenters. The molecule has 0 N–H and O–H groups in total. The van der Waals surface area contributed by atoms with E-state index in [-0.39, 0.29) is 17.5 Å². The van der Waals surface area contributed by atoms with E-state index in [4.69, 9.17) is 0 Å². The zero-order valence-corrected chi connectivity index (χ0v) is 10.8. The summed E-state index contributed by atoms with van der Waals surface area (Å²) in [5.41, 5.74) is 0.748. The number of halogens is 2. The van der Waals surface area contributed by atoms with Crippen LogP contribution in [-0.4, -0.2) is 5.78 Å². The van der Waals surface area contributed by atoms with Crippen molar-refractivity contribution in [2.45, 2.75) is 26.2 Å². The molecule has 86 valence electrons. The summed E-state index contributed by atoms with van der Waals surface area (Å²) < 4.78 is 13.8. The molecule has 0 amide bonds. The van der Waals surface area contributed by atoms with Crippen molar-refractivity contribution in [1.29, 1.82) is 0 Å². The van der Waals surface area contributed by atoms with E-state index in [9.17, 15) is 9.18 Å². The minimum Gasteiger partial charge on any atom is -0.299 e. The Balaban J connectivity index is 2.07. The van der Waals surface area contributed by atoms with Crippen LogP contribution in [0, 0.1) is 17.7 Å². The molecule has 3 heteroatoms. The Hall–Kier alpha value is -0.700. The van der Waals surface area contributed by atoms with Gasteiger partial charge in [-0.05, 0) is 42.5 Å². The number of carbonyl (C=O) groups is 1. The molecule has 0 bridgehead atoms. The first-order valence-corrected chi connectivity index (χ1v) is 6.34. The van der Waals surface area contributed by atoms with Crippen LogP contribution in [0.2, 0.25) is 0 Å². The summed E-state index contributed by atoms with van der Waals surface area (Å²) in [6, 6.07) is 4.48. The highest BCUT2D eigenvalue weighted by molar-refractivity contribution is 9.10. The second kappa shape index (κ2) is 4.66. The summed E-state index contributed by atoms with van der Waals surface area (Å²) in [6.07, 6.45) is 2.66. The van der Waals surface area contributed by atoms with Crippen LogP contribution < -0.4 is 0 Å². The summed E-state index contributed by atoms with van der Waals surface area (Å²) >= 11 is 3.34. The first-order chi connectivity index (χ1) is 7.58. The van der Waals surface area contributed by atoms with Crippen LogP contribution >= 0.6 is 15.9 Å². The fourth-order valence-electron chi connectivity index (χ4n) is 1.89. The highest BCUT2D eigenvalue weighted by atomic mass is 79.9. The van der Waals surface area contributed by atoms with Gasteiger partial charge in [0.25, 0.3) is 0 Å². The molecule has 1 fully saturated rings. The van der Waals surface area contributed by atoms with Crippen LogP contribution in [0.4, 0.5) is 4.39 Å². The second-order valence-corrected chi connectivity index (χ2v) is 5.36. The lowest BCUT2D eigenvalue weighted by Gasteiger charge is -2.09. The van der Waals surface area contributed by atoms with Gasteiger partial charge in [-0.1, -0.05) is 22.9 Å². The summed E-state index contributed by atoms with van der Waals surface area (Å²) in [4.78, 5) is 11.9. The van der Waals surface area contributed by atoms with E-state index >= 15 is 0 Å². The van der Waals surface area contributed by atoms with Gasteiger partial charge in [0.05, 0.1) is 0 Å². The molecule has 1 nitrogen and oxygen atoms in total. The van der Waals surface area contributed by atoms with Gasteiger partial charge in [0.15, 0.2) is 0 Å². The van der Waals surface area contributed by atoms with Crippen molar-refractivity contribution >= 4 is 21.7 Å². The van der Waals surface area contributed by atoms with Gasteiger partial charge in [-0.2, -0.15) is 0 Å². The normalized spacial score (nSPS) is 17.2. The maximum atomic E-state index is 13.0. The third kappa shape index (κ3) is 2.70. The van der Waals surface area contributed by atoms with Gasteiger partial charge in [-0.25, -0.2) is 4.39 Å². The predicted octanol–water partition coefficient (Wildman–Crippen LogP) is 3.75. The quantitative estimate of drug-likeness (QED) is 0.823. The molecule has 2 rings (SSSR count). The van der Waals surface area contributed by atoms with Crippen LogP contribution in [0.5, 0.6) is 0 Å². The molecule has 0 aliphatic heterocycles. The lowest BCUT2D eigenvalue weighted by molar-refractivity contribution is -0.122. The van der Waals surface area contributed by atoms with Gasteiger partial charge in [0.2, 0.25) is 0 Å². The van der Waals surface area contributed by atoms with Crippen molar-refractivity contribution in [3.63, 3.8) is 0 Å². The van der Waals surface area contributed by atoms with Crippen LogP contribution in [0.15, 0.2) is 22.7 Å². The zero-order chi connectivity index (χ0) is 11.7. The third-order valence-corrected chi connectivity index (χ3v) is 3.98. The highest BCUT2D eigenvalue weighted by Crippen LogP contribution is 2.37. The molecular weight excluding hydrogens is 271 g/mol. The smallest absolute Gasteiger partial charge is 0.140 e. The minimum atomic E-state index is -0.287. The fraction of sp³-hybridized carbons (Fsp3) is 0.462. The van der Waals surface area contributed by atoms with Gasteiger partial charge >= 0.3 is 0 Å². The summed E-state index contributed by atoms with van der Waals surface area (Å²) in [5, 5.41) is 0. The Labute approximate surface area is 103 Å². The molecule has 16 heavy (non-hydrogen) atoms. The summed E-state index contributed by atoms with van der Waals surface area (Å²) in [5.74, 6) is 0.619. The molecule has 1 aromatic carbocycles. The Morgan fingerprint density at radius 1 is 1.56 bits per heavy atom. The third-order valence-electron chi connectivity index (χ3n) is 3.21. The predicted molar refractivity (Wildman–Crippen MR) is 64.7 cm³/mol. The molecule has 1 saturated carbocycles. The monoisotopic (exact) mass is 284 g/mol. The van der Waals surface area contributed by atoms with E-state index in [1.165, 1.54) is 12.1 Å². The number of hydrogen-bond donors (Lipinski definition) is 0. The van der Waals surface area contributed by atoms with Gasteiger partial charge in [-0.3, -0.25) is 4.79 Å². The van der Waals surface area contributed by atoms with E-state index in [2.05, 4.69) is 15.9 Å². The Morgan fingerprint density at radius 2 is 2.25 bits per heavy atom. The number of rotatable bonds is 4. The standard InChI is InChI=1S/C13H14BrFO/c1-8(9-2-3-9)13(16)7-10-6-11(15)4-5-12(10)14/h4-6,8-9H,2-3,7H2,1H3. The first-order valence-electron chi connectivity index (χ1n) is 5.54. The highest BCUT2D eigenvalue weighted by Gasteiger charge is 2.32. The number of ketones is 1. The van der Waals surface area contributed by atoms with E-state index in [1.807, 2.05) is 6.92 Å². The minimum absolute atomic E-state index is 0.121. The molecule has 0 radical (unpaired) electrons. The Bertz CT molecular complexity index is 412. The van der Waals surface area contributed by atoms with Crippen LogP contribution in [0.25, 0.3) is 0 Å². The molecule has 0 spiro atoms. The first kappa shape index (κ1) is 11.8. The molecular formula is C13H14BrFO. The topological polar surface area (TPSA) is 17.1 Å². The molecule has 0 aromatic heterocycles. The van der Waals surface area contributed by atoms with Gasteiger partial charge < -0.3 is 0 Å². The lowest BCUT2D eigenvalue weighted by atomic mass is 9.95. The van der Waals surface area contributed by atoms with Crippen molar-refractivity contribution in [3.05, 3.63) is 34.1 Å². The van der Waals surface area contributed by atoms with Crippen molar-refractivity contribution in [2.75, 3.05) is 0 Å². The Morgan fingerprint density at radius 3 is 2.88 bits per heavy atom. The molecule has 0 saturated heterocycles. The van der Waals surface area contributed by atoms with Crippen molar-refractivity contribution < 1.29 is 9.18 Å². The summed E-state index contributed by atoms with van der Waals surface area (Å²) in [6.45, 7) is 1.98. The van der Waals surface area contributed by atoms with Gasteiger partial charge in [-0.15, -0.1) is 0 Å². The maximum Gasteiger partial charge on any atom is 0.140 e. The van der Waals surface area contributed by atoms with Gasteiger partial charge in [0, 0.05) is 16.8 Å². The SMILES string of the molecule is CC(C(=O)Cc1cc(F)ccc1Br)C1CC1. The van der Waals surface area contributed by atoms with Crippen molar-refractivity contribution in [2.24, 2.45) is 11.8 Å². The second-order valence-electron chi connectivity index (χ2n) is 4.50.